The monoisotopic (exact) mass is 384 g/mol. The summed E-state index contributed by atoms with van der Waals surface area (Å²) in [5.74, 6) is 2.10. The second-order valence-electron chi connectivity index (χ2n) is 7.21. The van der Waals surface area contributed by atoms with Crippen molar-refractivity contribution in [3.63, 3.8) is 0 Å². The van der Waals surface area contributed by atoms with Gasteiger partial charge in [-0.3, -0.25) is 0 Å². The minimum Gasteiger partial charge on any atom is -0.373 e. The van der Waals surface area contributed by atoms with E-state index in [1.54, 1.807) is 6.33 Å². The number of aromatic nitrogens is 3. The van der Waals surface area contributed by atoms with Crippen molar-refractivity contribution in [2.24, 2.45) is 10.9 Å². The summed E-state index contributed by atoms with van der Waals surface area (Å²) in [7, 11) is 0. The third kappa shape index (κ3) is 5.32. The minimum absolute atomic E-state index is 0.132. The molecule has 152 valence electrons. The normalized spacial score (nSPS) is 20.2. The Hall–Kier alpha value is -2.41. The van der Waals surface area contributed by atoms with E-state index >= 15 is 0 Å². The van der Waals surface area contributed by atoms with Crippen LogP contribution in [0, 0.1) is 12.8 Å². The molecule has 0 radical (unpaired) electrons. The van der Waals surface area contributed by atoms with Crippen molar-refractivity contribution in [3.05, 3.63) is 47.5 Å². The first-order chi connectivity index (χ1) is 13.7. The lowest BCUT2D eigenvalue weighted by molar-refractivity contribution is -0.0265. The third-order valence-electron chi connectivity index (χ3n) is 5.14. The van der Waals surface area contributed by atoms with Crippen LogP contribution in [-0.2, 0) is 17.8 Å². The van der Waals surface area contributed by atoms with E-state index in [9.17, 15) is 0 Å². The number of guanidine groups is 1. The molecule has 2 atom stereocenters. The van der Waals surface area contributed by atoms with Gasteiger partial charge in [-0.1, -0.05) is 29.8 Å². The Bertz CT molecular complexity index is 755. The fraction of sp³-hybridized carbons (Fsp3) is 0.571. The van der Waals surface area contributed by atoms with Crippen molar-refractivity contribution >= 4 is 5.96 Å². The van der Waals surface area contributed by atoms with E-state index in [-0.39, 0.29) is 6.10 Å². The highest BCUT2D eigenvalue weighted by Gasteiger charge is 2.27. The molecule has 0 amide bonds. The second-order valence-corrected chi connectivity index (χ2v) is 7.21. The van der Waals surface area contributed by atoms with E-state index in [4.69, 9.17) is 4.74 Å². The molecule has 28 heavy (non-hydrogen) atoms. The molecule has 0 aliphatic carbocycles. The van der Waals surface area contributed by atoms with Gasteiger partial charge in [-0.2, -0.15) is 0 Å². The number of aliphatic imine (C=N–C) groups is 1. The molecule has 3 rings (SSSR count). The molecule has 0 saturated carbocycles. The largest absolute Gasteiger partial charge is 0.373 e. The smallest absolute Gasteiger partial charge is 0.191 e. The number of benzene rings is 1. The number of nitrogens with one attached hydrogen (secondary N) is 2. The van der Waals surface area contributed by atoms with Crippen LogP contribution >= 0.6 is 0 Å². The van der Waals surface area contributed by atoms with E-state index < -0.39 is 0 Å². The van der Waals surface area contributed by atoms with Crippen molar-refractivity contribution in [1.82, 2.24) is 25.4 Å². The number of nitrogens with zero attached hydrogens (tertiary/aromatic N) is 4. The van der Waals surface area contributed by atoms with Crippen molar-refractivity contribution in [1.29, 1.82) is 0 Å². The molecule has 1 aliphatic heterocycles. The summed E-state index contributed by atoms with van der Waals surface area (Å²) in [4.78, 5) is 4.69. The predicted molar refractivity (Wildman–Crippen MR) is 111 cm³/mol. The Morgan fingerprint density at radius 1 is 1.25 bits per heavy atom. The molecule has 7 heteroatoms. The van der Waals surface area contributed by atoms with Crippen molar-refractivity contribution < 1.29 is 4.74 Å². The summed E-state index contributed by atoms with van der Waals surface area (Å²) in [5, 5.41) is 15.0. The molecule has 1 saturated heterocycles. The molecule has 1 aromatic heterocycles. The van der Waals surface area contributed by atoms with Crippen molar-refractivity contribution in [3.8, 4) is 0 Å². The SMILES string of the molecule is CCNC(=NCc1nncn1CC)NCC1CCCOC1c1ccc(C)cc1. The first-order valence-electron chi connectivity index (χ1n) is 10.3. The van der Waals surface area contributed by atoms with Crippen LogP contribution in [0.4, 0.5) is 0 Å². The fourth-order valence-electron chi connectivity index (χ4n) is 3.56. The Kier molecular flexibility index (Phi) is 7.42. The Labute approximate surface area is 167 Å². The molecular formula is C21H32N6O. The summed E-state index contributed by atoms with van der Waals surface area (Å²) in [6, 6.07) is 8.70. The summed E-state index contributed by atoms with van der Waals surface area (Å²) < 4.78 is 8.15. The zero-order chi connectivity index (χ0) is 19.8. The van der Waals surface area contributed by atoms with Crippen molar-refractivity contribution in [2.75, 3.05) is 19.7 Å². The van der Waals surface area contributed by atoms with Crippen LogP contribution in [0.15, 0.2) is 35.6 Å². The number of ether oxygens (including phenoxy) is 1. The second kappa shape index (κ2) is 10.2. The van der Waals surface area contributed by atoms with Crippen LogP contribution in [-0.4, -0.2) is 40.4 Å². The molecule has 2 heterocycles. The van der Waals surface area contributed by atoms with E-state index in [0.717, 1.165) is 50.9 Å². The van der Waals surface area contributed by atoms with Crippen LogP contribution in [0.5, 0.6) is 0 Å². The number of hydrogen-bond acceptors (Lipinski definition) is 4. The maximum absolute atomic E-state index is 6.14. The lowest BCUT2D eigenvalue weighted by atomic mass is 9.89. The molecule has 2 N–H and O–H groups in total. The van der Waals surface area contributed by atoms with Crippen LogP contribution in [0.25, 0.3) is 0 Å². The number of aryl methyl sites for hydroxylation is 2. The molecule has 0 bridgehead atoms. The van der Waals surface area contributed by atoms with E-state index in [1.165, 1.54) is 11.1 Å². The van der Waals surface area contributed by atoms with Gasteiger partial charge in [0.1, 0.15) is 12.9 Å². The summed E-state index contributed by atoms with van der Waals surface area (Å²) in [6.07, 6.45) is 4.13. The number of rotatable bonds is 7. The average molecular weight is 385 g/mol. The first kappa shape index (κ1) is 20.3. The standard InChI is InChI=1S/C21H32N6O/c1-4-22-21(24-14-19-26-25-15-27(19)5-2)23-13-18-7-6-12-28-20(18)17-10-8-16(3)9-11-17/h8-11,15,18,20H,4-7,12-14H2,1-3H3,(H2,22,23,24). The fourth-order valence-corrected chi connectivity index (χ4v) is 3.56. The highest BCUT2D eigenvalue weighted by atomic mass is 16.5. The molecule has 2 aromatic rings. The Morgan fingerprint density at radius 3 is 2.82 bits per heavy atom. The Balaban J connectivity index is 1.63. The third-order valence-corrected chi connectivity index (χ3v) is 5.14. The molecule has 1 aromatic carbocycles. The van der Waals surface area contributed by atoms with E-state index in [1.807, 2.05) is 4.57 Å². The van der Waals surface area contributed by atoms with Crippen LogP contribution in [0.3, 0.4) is 0 Å². The lowest BCUT2D eigenvalue weighted by Gasteiger charge is -2.32. The van der Waals surface area contributed by atoms with Crippen LogP contribution < -0.4 is 10.6 Å². The van der Waals surface area contributed by atoms with Gasteiger partial charge >= 0.3 is 0 Å². The molecule has 0 spiro atoms. The molecule has 1 aliphatic rings. The highest BCUT2D eigenvalue weighted by Crippen LogP contribution is 2.33. The molecule has 2 unspecified atom stereocenters. The Morgan fingerprint density at radius 2 is 2.07 bits per heavy atom. The summed E-state index contributed by atoms with van der Waals surface area (Å²) >= 11 is 0. The van der Waals surface area contributed by atoms with E-state index in [0.29, 0.717) is 12.5 Å². The van der Waals surface area contributed by atoms with Gasteiger partial charge in [0.2, 0.25) is 0 Å². The highest BCUT2D eigenvalue weighted by molar-refractivity contribution is 5.79. The summed E-state index contributed by atoms with van der Waals surface area (Å²) in [6.45, 7) is 10.1. The topological polar surface area (TPSA) is 76.4 Å². The van der Waals surface area contributed by atoms with Gasteiger partial charge < -0.3 is 19.9 Å². The minimum atomic E-state index is 0.132. The predicted octanol–water partition coefficient (Wildman–Crippen LogP) is 2.83. The van der Waals surface area contributed by atoms with E-state index in [2.05, 4.69) is 70.9 Å². The van der Waals surface area contributed by atoms with Gasteiger partial charge in [0.05, 0.1) is 6.10 Å². The van der Waals surface area contributed by atoms with Gasteiger partial charge in [0, 0.05) is 32.2 Å². The van der Waals surface area contributed by atoms with Crippen LogP contribution in [0.1, 0.15) is 49.7 Å². The van der Waals surface area contributed by atoms with Crippen LogP contribution in [0.2, 0.25) is 0 Å². The maximum atomic E-state index is 6.14. The van der Waals surface area contributed by atoms with Gasteiger partial charge in [0.25, 0.3) is 0 Å². The van der Waals surface area contributed by atoms with Crippen molar-refractivity contribution in [2.45, 2.75) is 52.8 Å². The zero-order valence-corrected chi connectivity index (χ0v) is 17.2. The first-order valence-corrected chi connectivity index (χ1v) is 10.3. The van der Waals surface area contributed by atoms with Gasteiger partial charge in [0.15, 0.2) is 11.8 Å². The molecule has 1 fully saturated rings. The molecule has 7 nitrogen and oxygen atoms in total. The molecular weight excluding hydrogens is 352 g/mol. The van der Waals surface area contributed by atoms with Gasteiger partial charge in [-0.25, -0.2) is 4.99 Å². The van der Waals surface area contributed by atoms with Gasteiger partial charge in [-0.05, 0) is 39.2 Å². The quantitative estimate of drug-likeness (QED) is 0.567. The number of hydrogen-bond donors (Lipinski definition) is 2. The summed E-state index contributed by atoms with van der Waals surface area (Å²) in [5.41, 5.74) is 2.53. The zero-order valence-electron chi connectivity index (χ0n) is 17.2. The average Bonchev–Trinajstić information content (AvgIpc) is 3.18. The lowest BCUT2D eigenvalue weighted by Crippen LogP contribution is -2.42. The van der Waals surface area contributed by atoms with Gasteiger partial charge in [-0.15, -0.1) is 10.2 Å². The maximum Gasteiger partial charge on any atom is 0.191 e.